The summed E-state index contributed by atoms with van der Waals surface area (Å²) in [6.45, 7) is 4.54. The molecule has 1 rings (SSSR count). The Morgan fingerprint density at radius 2 is 2.25 bits per heavy atom. The standard InChI is InChI=1S/C10H16ClN3O2/c1-3-7-9(11)8(14(4-2)13-7)5-6(12)10(15)16/h6H,3-5,12H2,1-2H3,(H,15,16)/t6-/m1/s1. The maximum Gasteiger partial charge on any atom is 0.320 e. The number of rotatable bonds is 5. The number of carboxylic acids is 1. The molecule has 0 aliphatic heterocycles. The summed E-state index contributed by atoms with van der Waals surface area (Å²) in [5.74, 6) is -1.03. The summed E-state index contributed by atoms with van der Waals surface area (Å²) >= 11 is 6.13. The van der Waals surface area contributed by atoms with Crippen LogP contribution < -0.4 is 5.73 Å². The van der Waals surface area contributed by atoms with Gasteiger partial charge in [0.05, 0.1) is 16.4 Å². The van der Waals surface area contributed by atoms with E-state index in [1.807, 2.05) is 13.8 Å². The van der Waals surface area contributed by atoms with Gasteiger partial charge in [-0.1, -0.05) is 18.5 Å². The van der Waals surface area contributed by atoms with Crippen LogP contribution in [0.2, 0.25) is 5.02 Å². The van der Waals surface area contributed by atoms with E-state index in [0.717, 1.165) is 12.1 Å². The van der Waals surface area contributed by atoms with Crippen molar-refractivity contribution in [1.82, 2.24) is 9.78 Å². The highest BCUT2D eigenvalue weighted by atomic mass is 35.5. The van der Waals surface area contributed by atoms with E-state index in [2.05, 4.69) is 5.10 Å². The molecule has 5 nitrogen and oxygen atoms in total. The molecule has 1 atom stereocenters. The Balaban J connectivity index is 3.01. The molecule has 90 valence electrons. The van der Waals surface area contributed by atoms with Crippen molar-refractivity contribution in [1.29, 1.82) is 0 Å². The number of carbonyl (C=O) groups is 1. The van der Waals surface area contributed by atoms with Crippen LogP contribution in [0.3, 0.4) is 0 Å². The van der Waals surface area contributed by atoms with Crippen LogP contribution in [-0.2, 0) is 24.2 Å². The molecule has 0 spiro atoms. The van der Waals surface area contributed by atoms with Crippen LogP contribution in [0.25, 0.3) is 0 Å². The molecule has 6 heteroatoms. The average molecular weight is 246 g/mol. The molecule has 0 radical (unpaired) electrons. The monoisotopic (exact) mass is 245 g/mol. The second kappa shape index (κ2) is 5.32. The van der Waals surface area contributed by atoms with Crippen LogP contribution in [0.15, 0.2) is 0 Å². The zero-order chi connectivity index (χ0) is 12.3. The quantitative estimate of drug-likeness (QED) is 0.813. The molecule has 3 N–H and O–H groups in total. The number of nitrogens with zero attached hydrogens (tertiary/aromatic N) is 2. The molecule has 0 aliphatic rings. The van der Waals surface area contributed by atoms with Gasteiger partial charge >= 0.3 is 5.97 Å². The summed E-state index contributed by atoms with van der Waals surface area (Å²) in [4.78, 5) is 10.7. The maximum atomic E-state index is 10.7. The van der Waals surface area contributed by atoms with E-state index in [-0.39, 0.29) is 6.42 Å². The molecular formula is C10H16ClN3O2. The number of hydrogen-bond acceptors (Lipinski definition) is 3. The number of carboxylic acid groups (broad SMARTS) is 1. The lowest BCUT2D eigenvalue weighted by Gasteiger charge is -2.08. The third kappa shape index (κ3) is 2.54. The molecule has 0 fully saturated rings. The van der Waals surface area contributed by atoms with Gasteiger partial charge in [0.25, 0.3) is 0 Å². The number of aryl methyl sites for hydroxylation is 2. The van der Waals surface area contributed by atoms with Gasteiger partial charge < -0.3 is 10.8 Å². The van der Waals surface area contributed by atoms with Crippen molar-refractivity contribution >= 4 is 17.6 Å². The summed E-state index contributed by atoms with van der Waals surface area (Å²) in [6.07, 6.45) is 0.927. The Morgan fingerprint density at radius 3 is 2.69 bits per heavy atom. The molecular weight excluding hydrogens is 230 g/mol. The van der Waals surface area contributed by atoms with Crippen molar-refractivity contribution in [2.45, 2.75) is 39.3 Å². The summed E-state index contributed by atoms with van der Waals surface area (Å²) in [5.41, 5.74) is 6.99. The van der Waals surface area contributed by atoms with Gasteiger partial charge in [0, 0.05) is 13.0 Å². The van der Waals surface area contributed by atoms with E-state index >= 15 is 0 Å². The third-order valence-electron chi connectivity index (χ3n) is 2.42. The van der Waals surface area contributed by atoms with E-state index in [4.69, 9.17) is 22.4 Å². The second-order valence-electron chi connectivity index (χ2n) is 3.53. The molecule has 1 aromatic rings. The van der Waals surface area contributed by atoms with E-state index in [9.17, 15) is 4.79 Å². The predicted molar refractivity (Wildman–Crippen MR) is 61.6 cm³/mol. The summed E-state index contributed by atoms with van der Waals surface area (Å²) in [7, 11) is 0. The van der Waals surface area contributed by atoms with Crippen LogP contribution in [-0.4, -0.2) is 26.9 Å². The van der Waals surface area contributed by atoms with Gasteiger partial charge in [0.1, 0.15) is 6.04 Å². The van der Waals surface area contributed by atoms with Gasteiger partial charge in [0.15, 0.2) is 0 Å². The molecule has 0 bridgehead atoms. The van der Waals surface area contributed by atoms with Crippen LogP contribution in [0.5, 0.6) is 0 Å². The Hall–Kier alpha value is -1.07. The number of aliphatic carboxylic acids is 1. The van der Waals surface area contributed by atoms with E-state index in [0.29, 0.717) is 17.3 Å². The van der Waals surface area contributed by atoms with Crippen molar-refractivity contribution in [2.75, 3.05) is 0 Å². The molecule has 0 saturated heterocycles. The molecule has 0 unspecified atom stereocenters. The lowest BCUT2D eigenvalue weighted by atomic mass is 10.1. The van der Waals surface area contributed by atoms with Gasteiger partial charge in [-0.15, -0.1) is 0 Å². The predicted octanol–water partition coefficient (Wildman–Crippen LogP) is 1.07. The number of nitrogens with two attached hydrogens (primary N) is 1. The highest BCUT2D eigenvalue weighted by molar-refractivity contribution is 6.31. The van der Waals surface area contributed by atoms with Crippen LogP contribution in [0.4, 0.5) is 0 Å². The van der Waals surface area contributed by atoms with Crippen molar-refractivity contribution < 1.29 is 9.90 Å². The molecule has 0 aliphatic carbocycles. The third-order valence-corrected chi connectivity index (χ3v) is 2.86. The first kappa shape index (κ1) is 13.0. The smallest absolute Gasteiger partial charge is 0.320 e. The number of aromatic nitrogens is 2. The minimum absolute atomic E-state index is 0.203. The van der Waals surface area contributed by atoms with E-state index < -0.39 is 12.0 Å². The highest BCUT2D eigenvalue weighted by Crippen LogP contribution is 2.22. The SMILES string of the molecule is CCc1nn(CC)c(C[C@@H](N)C(=O)O)c1Cl. The van der Waals surface area contributed by atoms with Gasteiger partial charge in [-0.05, 0) is 13.3 Å². The first-order chi connectivity index (χ1) is 7.51. The van der Waals surface area contributed by atoms with Crippen molar-refractivity contribution in [3.05, 3.63) is 16.4 Å². The lowest BCUT2D eigenvalue weighted by molar-refractivity contribution is -0.138. The Bertz CT molecular complexity index is 390. The van der Waals surface area contributed by atoms with Gasteiger partial charge in [-0.25, -0.2) is 0 Å². The lowest BCUT2D eigenvalue weighted by Crippen LogP contribution is -2.33. The van der Waals surface area contributed by atoms with Crippen molar-refractivity contribution in [3.8, 4) is 0 Å². The van der Waals surface area contributed by atoms with Gasteiger partial charge in [-0.2, -0.15) is 5.10 Å². The number of halogens is 1. The fraction of sp³-hybridized carbons (Fsp3) is 0.600. The largest absolute Gasteiger partial charge is 0.480 e. The molecule has 1 aromatic heterocycles. The minimum Gasteiger partial charge on any atom is -0.480 e. The summed E-state index contributed by atoms with van der Waals surface area (Å²) in [5, 5.41) is 13.6. The summed E-state index contributed by atoms with van der Waals surface area (Å²) < 4.78 is 1.71. The van der Waals surface area contributed by atoms with E-state index in [1.165, 1.54) is 0 Å². The van der Waals surface area contributed by atoms with Crippen molar-refractivity contribution in [2.24, 2.45) is 5.73 Å². The average Bonchev–Trinajstić information content (AvgIpc) is 2.55. The molecule has 1 heterocycles. The van der Waals surface area contributed by atoms with Crippen molar-refractivity contribution in [3.63, 3.8) is 0 Å². The van der Waals surface area contributed by atoms with Crippen LogP contribution in [0.1, 0.15) is 25.2 Å². The maximum absolute atomic E-state index is 10.7. The van der Waals surface area contributed by atoms with Crippen LogP contribution >= 0.6 is 11.6 Å². The zero-order valence-corrected chi connectivity index (χ0v) is 10.2. The highest BCUT2D eigenvalue weighted by Gasteiger charge is 2.20. The normalized spacial score (nSPS) is 12.8. The molecule has 0 saturated carbocycles. The van der Waals surface area contributed by atoms with Crippen LogP contribution in [0, 0.1) is 0 Å². The fourth-order valence-electron chi connectivity index (χ4n) is 1.51. The molecule has 0 amide bonds. The summed E-state index contributed by atoms with van der Waals surface area (Å²) in [6, 6.07) is -0.941. The van der Waals surface area contributed by atoms with E-state index in [1.54, 1.807) is 4.68 Å². The topological polar surface area (TPSA) is 81.1 Å². The van der Waals surface area contributed by atoms with Gasteiger partial charge in [-0.3, -0.25) is 9.48 Å². The minimum atomic E-state index is -1.03. The molecule has 16 heavy (non-hydrogen) atoms. The Morgan fingerprint density at radius 1 is 1.62 bits per heavy atom. The first-order valence-corrected chi connectivity index (χ1v) is 5.61. The zero-order valence-electron chi connectivity index (χ0n) is 9.40. The Labute approximate surface area is 99.2 Å². The Kier molecular flexibility index (Phi) is 4.32. The fourth-order valence-corrected chi connectivity index (χ4v) is 1.85. The van der Waals surface area contributed by atoms with Gasteiger partial charge in [0.2, 0.25) is 0 Å². The second-order valence-corrected chi connectivity index (χ2v) is 3.90. The first-order valence-electron chi connectivity index (χ1n) is 5.23. The number of hydrogen-bond donors (Lipinski definition) is 2. The molecule has 0 aromatic carbocycles.